The summed E-state index contributed by atoms with van der Waals surface area (Å²) < 4.78 is 0. The molecule has 0 fully saturated rings. The van der Waals surface area contributed by atoms with Gasteiger partial charge in [-0.3, -0.25) is 0 Å². The van der Waals surface area contributed by atoms with Crippen LogP contribution in [0.5, 0.6) is 0 Å². The molecule has 1 aromatic rings. The molecule has 1 heterocycles. The summed E-state index contributed by atoms with van der Waals surface area (Å²) in [5, 5.41) is 5.84. The van der Waals surface area contributed by atoms with E-state index in [4.69, 9.17) is 0 Å². The fourth-order valence-electron chi connectivity index (χ4n) is 1.16. The summed E-state index contributed by atoms with van der Waals surface area (Å²) in [7, 11) is 1.78. The fraction of sp³-hybridized carbons (Fsp3) is 0.600. The van der Waals surface area contributed by atoms with Crippen LogP contribution in [0.1, 0.15) is 24.0 Å². The lowest BCUT2D eigenvalue weighted by molar-refractivity contribution is 0.206. The first-order valence-corrected chi connectivity index (χ1v) is 5.91. The highest BCUT2D eigenvalue weighted by Crippen LogP contribution is 2.09. The lowest BCUT2D eigenvalue weighted by atomic mass is 10.4. The highest BCUT2D eigenvalue weighted by molar-refractivity contribution is 7.09. The van der Waals surface area contributed by atoms with Gasteiger partial charge in [0.25, 0.3) is 0 Å². The molecule has 5 heteroatoms. The van der Waals surface area contributed by atoms with Crippen LogP contribution in [0.3, 0.4) is 0 Å². The number of carbonyl (C=O) groups excluding carboxylic acids is 1. The van der Waals surface area contributed by atoms with Gasteiger partial charge in [-0.15, -0.1) is 11.3 Å². The monoisotopic (exact) mass is 227 g/mol. The molecular weight excluding hydrogens is 210 g/mol. The van der Waals surface area contributed by atoms with Crippen molar-refractivity contribution < 1.29 is 4.79 Å². The van der Waals surface area contributed by atoms with E-state index in [-0.39, 0.29) is 6.03 Å². The van der Waals surface area contributed by atoms with Gasteiger partial charge >= 0.3 is 6.03 Å². The summed E-state index contributed by atoms with van der Waals surface area (Å²) >= 11 is 1.61. The normalized spacial score (nSPS) is 10.1. The summed E-state index contributed by atoms with van der Waals surface area (Å²) in [6, 6.07) is -0.0393. The molecule has 15 heavy (non-hydrogen) atoms. The van der Waals surface area contributed by atoms with Gasteiger partial charge in [0, 0.05) is 19.0 Å². The largest absolute Gasteiger partial charge is 0.338 e. The zero-order valence-electron chi connectivity index (χ0n) is 9.41. The number of urea groups is 1. The number of nitrogens with one attached hydrogen (secondary N) is 1. The smallest absolute Gasteiger partial charge is 0.317 e. The van der Waals surface area contributed by atoms with Crippen molar-refractivity contribution >= 4 is 17.4 Å². The second-order valence-electron chi connectivity index (χ2n) is 3.45. The van der Waals surface area contributed by atoms with Gasteiger partial charge in [-0.2, -0.15) is 0 Å². The number of aryl methyl sites for hydroxylation is 1. The number of rotatable bonds is 4. The molecule has 0 bridgehead atoms. The van der Waals surface area contributed by atoms with Gasteiger partial charge in [-0.1, -0.05) is 6.92 Å². The van der Waals surface area contributed by atoms with Gasteiger partial charge < -0.3 is 10.2 Å². The summed E-state index contributed by atoms with van der Waals surface area (Å²) in [5.74, 6) is 0. The van der Waals surface area contributed by atoms with Gasteiger partial charge in [0.1, 0.15) is 0 Å². The lowest BCUT2D eigenvalue weighted by Gasteiger charge is -2.16. The molecule has 84 valence electrons. The minimum atomic E-state index is -0.0393. The first kappa shape index (κ1) is 12.0. The maximum absolute atomic E-state index is 11.5. The molecule has 0 aliphatic heterocycles. The maximum atomic E-state index is 11.5. The van der Waals surface area contributed by atoms with Crippen LogP contribution in [0.15, 0.2) is 5.38 Å². The van der Waals surface area contributed by atoms with Crippen molar-refractivity contribution in [1.82, 2.24) is 15.2 Å². The molecule has 1 N–H and O–H groups in total. The van der Waals surface area contributed by atoms with Crippen molar-refractivity contribution in [2.24, 2.45) is 0 Å². The van der Waals surface area contributed by atoms with Crippen LogP contribution in [-0.2, 0) is 6.54 Å². The zero-order chi connectivity index (χ0) is 11.3. The van der Waals surface area contributed by atoms with Gasteiger partial charge in [-0.25, -0.2) is 9.78 Å². The van der Waals surface area contributed by atoms with E-state index in [0.29, 0.717) is 6.54 Å². The Kier molecular flexibility index (Phi) is 4.55. The third-order valence-corrected chi connectivity index (χ3v) is 2.76. The Morgan fingerprint density at radius 3 is 2.93 bits per heavy atom. The Hall–Kier alpha value is -1.10. The average molecular weight is 227 g/mol. The van der Waals surface area contributed by atoms with Crippen LogP contribution in [0.2, 0.25) is 0 Å². The summed E-state index contributed by atoms with van der Waals surface area (Å²) in [6.07, 6.45) is 0.954. The van der Waals surface area contributed by atoms with Crippen LogP contribution in [0.25, 0.3) is 0 Å². The van der Waals surface area contributed by atoms with Crippen molar-refractivity contribution in [1.29, 1.82) is 0 Å². The zero-order valence-corrected chi connectivity index (χ0v) is 10.2. The second-order valence-corrected chi connectivity index (χ2v) is 4.51. The molecule has 4 nitrogen and oxygen atoms in total. The van der Waals surface area contributed by atoms with Crippen molar-refractivity contribution in [3.8, 4) is 0 Å². The molecular formula is C10H17N3OS. The summed E-state index contributed by atoms with van der Waals surface area (Å²) in [4.78, 5) is 17.5. The number of hydrogen-bond acceptors (Lipinski definition) is 3. The predicted octanol–water partition coefficient (Wildman–Crippen LogP) is 2.00. The molecule has 0 saturated carbocycles. The third kappa shape index (κ3) is 3.87. The van der Waals surface area contributed by atoms with E-state index in [1.165, 1.54) is 0 Å². The van der Waals surface area contributed by atoms with Crippen LogP contribution in [0.4, 0.5) is 4.79 Å². The number of thiazole rings is 1. The molecule has 0 aliphatic rings. The number of aromatic nitrogens is 1. The van der Waals surface area contributed by atoms with Crippen molar-refractivity contribution in [2.75, 3.05) is 13.6 Å². The standard InChI is InChI=1S/C10H17N3OS/c1-4-5-11-10(14)13(3)6-9-7-15-8(2)12-9/h7H,4-6H2,1-3H3,(H,11,14). The lowest BCUT2D eigenvalue weighted by Crippen LogP contribution is -2.37. The van der Waals surface area contributed by atoms with Gasteiger partial charge in [-0.05, 0) is 13.3 Å². The SMILES string of the molecule is CCCNC(=O)N(C)Cc1csc(C)n1. The van der Waals surface area contributed by atoms with Gasteiger partial charge in [0.05, 0.1) is 17.2 Å². The van der Waals surface area contributed by atoms with Gasteiger partial charge in [0.2, 0.25) is 0 Å². The van der Waals surface area contributed by atoms with Crippen molar-refractivity contribution in [3.63, 3.8) is 0 Å². The average Bonchev–Trinajstić information content (AvgIpc) is 2.60. The molecule has 2 amide bonds. The highest BCUT2D eigenvalue weighted by Gasteiger charge is 2.09. The highest BCUT2D eigenvalue weighted by atomic mass is 32.1. The molecule has 0 aliphatic carbocycles. The minimum absolute atomic E-state index is 0.0393. The molecule has 0 aromatic carbocycles. The Morgan fingerprint density at radius 1 is 1.67 bits per heavy atom. The summed E-state index contributed by atoms with van der Waals surface area (Å²) in [6.45, 7) is 5.29. The molecule has 0 unspecified atom stereocenters. The van der Waals surface area contributed by atoms with E-state index in [2.05, 4.69) is 10.3 Å². The molecule has 0 saturated heterocycles. The number of carbonyl (C=O) groups is 1. The van der Waals surface area contributed by atoms with Crippen molar-refractivity contribution in [3.05, 3.63) is 16.1 Å². The van der Waals surface area contributed by atoms with E-state index >= 15 is 0 Å². The minimum Gasteiger partial charge on any atom is -0.338 e. The molecule has 1 aromatic heterocycles. The molecule has 1 rings (SSSR count). The Balaban J connectivity index is 2.41. The van der Waals surface area contributed by atoms with Crippen LogP contribution >= 0.6 is 11.3 Å². The number of hydrogen-bond donors (Lipinski definition) is 1. The fourth-order valence-corrected chi connectivity index (χ4v) is 1.77. The van der Waals surface area contributed by atoms with Crippen molar-refractivity contribution in [2.45, 2.75) is 26.8 Å². The Bertz CT molecular complexity index is 324. The Morgan fingerprint density at radius 2 is 2.40 bits per heavy atom. The van der Waals surface area contributed by atoms with E-state index in [0.717, 1.165) is 23.7 Å². The quantitative estimate of drug-likeness (QED) is 0.855. The second kappa shape index (κ2) is 5.70. The Labute approximate surface area is 94.3 Å². The third-order valence-electron chi connectivity index (χ3n) is 1.94. The molecule has 0 spiro atoms. The first-order valence-electron chi connectivity index (χ1n) is 5.03. The van der Waals surface area contributed by atoms with Gasteiger partial charge in [0.15, 0.2) is 0 Å². The predicted molar refractivity (Wildman–Crippen MR) is 62.0 cm³/mol. The topological polar surface area (TPSA) is 45.2 Å². The van der Waals surface area contributed by atoms with Crippen LogP contribution < -0.4 is 5.32 Å². The molecule has 0 radical (unpaired) electrons. The van der Waals surface area contributed by atoms with E-state index in [1.807, 2.05) is 19.2 Å². The van der Waals surface area contributed by atoms with Crippen LogP contribution in [0, 0.1) is 6.92 Å². The van der Waals surface area contributed by atoms with E-state index in [1.54, 1.807) is 23.3 Å². The number of nitrogens with zero attached hydrogens (tertiary/aromatic N) is 2. The maximum Gasteiger partial charge on any atom is 0.317 e. The van der Waals surface area contributed by atoms with E-state index < -0.39 is 0 Å². The van der Waals surface area contributed by atoms with E-state index in [9.17, 15) is 4.79 Å². The van der Waals surface area contributed by atoms with Crippen LogP contribution in [-0.4, -0.2) is 29.5 Å². The summed E-state index contributed by atoms with van der Waals surface area (Å²) in [5.41, 5.74) is 0.951. The number of amides is 2. The molecule has 0 atom stereocenters. The first-order chi connectivity index (χ1) is 7.13.